The summed E-state index contributed by atoms with van der Waals surface area (Å²) in [5, 5.41) is 50.9. The molecule has 0 aromatic rings. The van der Waals surface area contributed by atoms with E-state index in [2.05, 4.69) is 13.8 Å². The van der Waals surface area contributed by atoms with Gasteiger partial charge in [0.25, 0.3) is 0 Å². The normalized spacial score (nSPS) is 43.0. The molecule has 1 aliphatic carbocycles. The van der Waals surface area contributed by atoms with Gasteiger partial charge in [0.05, 0.1) is 18.8 Å². The Bertz CT molecular complexity index is 417. The van der Waals surface area contributed by atoms with Gasteiger partial charge in [0.2, 0.25) is 0 Å². The van der Waals surface area contributed by atoms with Crippen molar-refractivity contribution in [3.8, 4) is 0 Å². The van der Waals surface area contributed by atoms with Crippen molar-refractivity contribution in [1.29, 1.82) is 0 Å². The van der Waals surface area contributed by atoms with E-state index < -0.39 is 43.2 Å². The van der Waals surface area contributed by atoms with Crippen LogP contribution < -0.4 is 0 Å². The number of ether oxygens (including phenoxy) is 1. The molecule has 6 nitrogen and oxygen atoms in total. The first-order valence-corrected chi connectivity index (χ1v) is 10.9. The van der Waals surface area contributed by atoms with Crippen molar-refractivity contribution < 1.29 is 30.3 Å². The van der Waals surface area contributed by atoms with Gasteiger partial charge in [0.15, 0.2) is 0 Å². The maximum Gasteiger partial charge on any atom is 0.111 e. The standard InChI is InChI=1S/C21H40O6/c1-3-5-7-9-14-11-16(23)15(10-13(14)8-6-4-2)21-20(26)19(25)18(24)17(12-22)27-21/h13-26H,3-12H2,1-2H3/t13?,14?,15?,16?,17-,18-,19+,20-,21+/m1/s1. The Balaban J connectivity index is 2.09. The molecule has 27 heavy (non-hydrogen) atoms. The molecule has 1 saturated carbocycles. The summed E-state index contributed by atoms with van der Waals surface area (Å²) in [6, 6.07) is 0. The van der Waals surface area contributed by atoms with Crippen LogP contribution in [0.2, 0.25) is 0 Å². The van der Waals surface area contributed by atoms with Gasteiger partial charge in [-0.15, -0.1) is 0 Å². The van der Waals surface area contributed by atoms with Crippen LogP contribution in [0.25, 0.3) is 0 Å². The van der Waals surface area contributed by atoms with Crippen LogP contribution in [-0.2, 0) is 4.74 Å². The fourth-order valence-corrected chi connectivity index (χ4v) is 5.04. The predicted molar refractivity (Wildman–Crippen MR) is 103 cm³/mol. The number of rotatable bonds is 9. The fraction of sp³-hybridized carbons (Fsp3) is 1.00. The smallest absolute Gasteiger partial charge is 0.111 e. The highest BCUT2D eigenvalue weighted by Gasteiger charge is 2.50. The van der Waals surface area contributed by atoms with Gasteiger partial charge in [-0.05, 0) is 24.7 Å². The summed E-state index contributed by atoms with van der Waals surface area (Å²) in [6.45, 7) is 3.95. The third-order valence-corrected chi connectivity index (χ3v) is 6.74. The first-order valence-electron chi connectivity index (χ1n) is 10.9. The molecule has 0 aromatic carbocycles. The number of unbranched alkanes of at least 4 members (excludes halogenated alkanes) is 3. The van der Waals surface area contributed by atoms with Gasteiger partial charge in [0.1, 0.15) is 24.4 Å². The molecule has 0 bridgehead atoms. The minimum absolute atomic E-state index is 0.291. The van der Waals surface area contributed by atoms with Crippen LogP contribution in [0.4, 0.5) is 0 Å². The zero-order valence-electron chi connectivity index (χ0n) is 16.9. The Hall–Kier alpha value is -0.240. The quantitative estimate of drug-likeness (QED) is 0.384. The molecule has 0 amide bonds. The minimum Gasteiger partial charge on any atom is -0.394 e. The van der Waals surface area contributed by atoms with Gasteiger partial charge in [-0.1, -0.05) is 58.8 Å². The Morgan fingerprint density at radius 1 is 0.778 bits per heavy atom. The number of hydrogen-bond donors (Lipinski definition) is 5. The Kier molecular flexibility index (Phi) is 9.45. The molecular weight excluding hydrogens is 348 g/mol. The number of aliphatic hydroxyl groups excluding tert-OH is 5. The Morgan fingerprint density at radius 2 is 1.41 bits per heavy atom. The van der Waals surface area contributed by atoms with E-state index in [9.17, 15) is 25.5 Å². The molecule has 1 heterocycles. The number of aliphatic hydroxyl groups is 5. The fourth-order valence-electron chi connectivity index (χ4n) is 5.04. The van der Waals surface area contributed by atoms with E-state index in [1.54, 1.807) is 0 Å². The van der Waals surface area contributed by atoms with Crippen molar-refractivity contribution in [2.75, 3.05) is 6.61 Å². The van der Waals surface area contributed by atoms with Crippen molar-refractivity contribution in [3.63, 3.8) is 0 Å². The zero-order chi connectivity index (χ0) is 20.0. The molecule has 1 saturated heterocycles. The number of hydrogen-bond acceptors (Lipinski definition) is 6. The molecule has 2 fully saturated rings. The van der Waals surface area contributed by atoms with Crippen LogP contribution in [0.1, 0.15) is 71.6 Å². The average Bonchev–Trinajstić information content (AvgIpc) is 2.66. The van der Waals surface area contributed by atoms with Crippen LogP contribution >= 0.6 is 0 Å². The molecule has 2 aliphatic rings. The van der Waals surface area contributed by atoms with E-state index in [-0.39, 0.29) is 5.92 Å². The van der Waals surface area contributed by atoms with E-state index in [1.807, 2.05) is 0 Å². The largest absolute Gasteiger partial charge is 0.394 e. The molecule has 2 rings (SSSR count). The third kappa shape index (κ3) is 5.64. The lowest BCUT2D eigenvalue weighted by Gasteiger charge is -2.48. The second-order valence-corrected chi connectivity index (χ2v) is 8.65. The Morgan fingerprint density at radius 3 is 2.04 bits per heavy atom. The summed E-state index contributed by atoms with van der Waals surface area (Å²) in [4.78, 5) is 0. The van der Waals surface area contributed by atoms with Gasteiger partial charge in [-0.25, -0.2) is 0 Å². The molecule has 9 atom stereocenters. The Labute approximate surface area is 163 Å². The summed E-state index contributed by atoms with van der Waals surface area (Å²) >= 11 is 0. The topological polar surface area (TPSA) is 110 Å². The van der Waals surface area contributed by atoms with Gasteiger partial charge in [-0.2, -0.15) is 0 Å². The molecule has 0 aromatic heterocycles. The maximum atomic E-state index is 10.8. The molecule has 0 radical (unpaired) electrons. The van der Waals surface area contributed by atoms with Gasteiger partial charge in [-0.3, -0.25) is 0 Å². The van der Waals surface area contributed by atoms with Crippen molar-refractivity contribution in [2.45, 2.75) is 108 Å². The average molecular weight is 389 g/mol. The van der Waals surface area contributed by atoms with E-state index in [0.29, 0.717) is 18.3 Å². The van der Waals surface area contributed by atoms with Crippen molar-refractivity contribution in [1.82, 2.24) is 0 Å². The van der Waals surface area contributed by atoms with Crippen molar-refractivity contribution in [2.24, 2.45) is 17.8 Å². The molecule has 5 N–H and O–H groups in total. The van der Waals surface area contributed by atoms with Crippen LogP contribution in [0.3, 0.4) is 0 Å². The monoisotopic (exact) mass is 388 g/mol. The van der Waals surface area contributed by atoms with Gasteiger partial charge < -0.3 is 30.3 Å². The lowest BCUT2D eigenvalue weighted by molar-refractivity contribution is -0.253. The van der Waals surface area contributed by atoms with E-state index in [0.717, 1.165) is 32.1 Å². The highest BCUT2D eigenvalue weighted by molar-refractivity contribution is 4.99. The lowest BCUT2D eigenvalue weighted by Crippen LogP contribution is -2.62. The second-order valence-electron chi connectivity index (χ2n) is 8.65. The highest BCUT2D eigenvalue weighted by atomic mass is 16.5. The summed E-state index contributed by atoms with van der Waals surface area (Å²) in [5.41, 5.74) is 0. The molecule has 1 aliphatic heterocycles. The van der Waals surface area contributed by atoms with Gasteiger partial charge in [0, 0.05) is 5.92 Å². The molecule has 6 heteroatoms. The lowest BCUT2D eigenvalue weighted by atomic mass is 9.66. The van der Waals surface area contributed by atoms with Crippen molar-refractivity contribution in [3.05, 3.63) is 0 Å². The molecule has 160 valence electrons. The molecular formula is C21H40O6. The third-order valence-electron chi connectivity index (χ3n) is 6.74. The van der Waals surface area contributed by atoms with Crippen LogP contribution in [0.5, 0.6) is 0 Å². The van der Waals surface area contributed by atoms with Crippen molar-refractivity contribution >= 4 is 0 Å². The second kappa shape index (κ2) is 11.1. The minimum atomic E-state index is -1.37. The van der Waals surface area contributed by atoms with Crippen LogP contribution in [-0.4, -0.2) is 68.8 Å². The zero-order valence-corrected chi connectivity index (χ0v) is 16.9. The first kappa shape index (κ1) is 23.0. The molecule has 0 spiro atoms. The highest BCUT2D eigenvalue weighted by Crippen LogP contribution is 2.43. The van der Waals surface area contributed by atoms with Crippen LogP contribution in [0.15, 0.2) is 0 Å². The van der Waals surface area contributed by atoms with Gasteiger partial charge >= 0.3 is 0 Å². The first-order chi connectivity index (χ1) is 12.9. The summed E-state index contributed by atoms with van der Waals surface area (Å²) in [7, 11) is 0. The maximum absolute atomic E-state index is 10.8. The summed E-state index contributed by atoms with van der Waals surface area (Å²) in [6.07, 6.45) is 3.27. The SMILES string of the molecule is CCCCCC1CC(O)C([C@@H]2O[C@H](CO)[C@@H](O)[C@H](O)[C@H]2O)CC1CCCC. The summed E-state index contributed by atoms with van der Waals surface area (Å²) < 4.78 is 5.76. The van der Waals surface area contributed by atoms with E-state index >= 15 is 0 Å². The van der Waals surface area contributed by atoms with Crippen LogP contribution in [0, 0.1) is 17.8 Å². The predicted octanol–water partition coefficient (Wildman–Crippen LogP) is 1.60. The summed E-state index contributed by atoms with van der Waals surface area (Å²) in [5.74, 6) is 0.669. The molecule has 4 unspecified atom stereocenters. The van der Waals surface area contributed by atoms with E-state index in [4.69, 9.17) is 4.74 Å². The van der Waals surface area contributed by atoms with E-state index in [1.165, 1.54) is 19.3 Å².